The Morgan fingerprint density at radius 2 is 1.95 bits per heavy atom. The van der Waals surface area contributed by atoms with Crippen LogP contribution < -0.4 is 5.32 Å². The van der Waals surface area contributed by atoms with Gasteiger partial charge in [-0.3, -0.25) is 0 Å². The Morgan fingerprint density at radius 3 is 2.75 bits per heavy atom. The van der Waals surface area contributed by atoms with Crippen LogP contribution in [0.25, 0.3) is 10.1 Å². The highest BCUT2D eigenvalue weighted by atomic mass is 35.5. The van der Waals surface area contributed by atoms with E-state index in [4.69, 9.17) is 11.6 Å². The van der Waals surface area contributed by atoms with E-state index in [1.54, 1.807) is 11.3 Å². The van der Waals surface area contributed by atoms with Crippen molar-refractivity contribution in [3.8, 4) is 0 Å². The molecule has 20 heavy (non-hydrogen) atoms. The molecule has 0 saturated carbocycles. The highest BCUT2D eigenvalue weighted by Crippen LogP contribution is 2.31. The standard InChI is InChI=1S/C17H16ClNS/c1-19-16(11-13-5-2-3-8-15(13)18)14-7-4-6-12-9-10-20-17(12)14/h2-10,16,19H,11H2,1H3. The minimum Gasteiger partial charge on any atom is -0.313 e. The monoisotopic (exact) mass is 301 g/mol. The topological polar surface area (TPSA) is 12.0 Å². The molecule has 0 aliphatic carbocycles. The smallest absolute Gasteiger partial charge is 0.0438 e. The fourth-order valence-electron chi connectivity index (χ4n) is 2.54. The summed E-state index contributed by atoms with van der Waals surface area (Å²) in [4.78, 5) is 0. The van der Waals surface area contributed by atoms with Gasteiger partial charge in [-0.1, -0.05) is 48.0 Å². The highest BCUT2D eigenvalue weighted by molar-refractivity contribution is 7.17. The van der Waals surface area contributed by atoms with E-state index in [1.165, 1.54) is 21.2 Å². The fraction of sp³-hybridized carbons (Fsp3) is 0.176. The number of likely N-dealkylation sites (N-methyl/N-ethyl adjacent to an activating group) is 1. The third-order valence-corrected chi connectivity index (χ3v) is 4.96. The second kappa shape index (κ2) is 5.96. The Labute approximate surface area is 128 Å². The lowest BCUT2D eigenvalue weighted by atomic mass is 9.98. The number of halogens is 1. The molecule has 3 rings (SSSR count). The quantitative estimate of drug-likeness (QED) is 0.710. The molecule has 1 atom stereocenters. The van der Waals surface area contributed by atoms with Crippen LogP contribution >= 0.6 is 22.9 Å². The lowest BCUT2D eigenvalue weighted by Gasteiger charge is -2.18. The first-order chi connectivity index (χ1) is 9.79. The van der Waals surface area contributed by atoms with E-state index in [0.717, 1.165) is 11.4 Å². The van der Waals surface area contributed by atoms with E-state index in [9.17, 15) is 0 Å². The van der Waals surface area contributed by atoms with Gasteiger partial charge in [-0.25, -0.2) is 0 Å². The van der Waals surface area contributed by atoms with Crippen molar-refractivity contribution >= 4 is 33.0 Å². The second-order valence-electron chi connectivity index (χ2n) is 4.82. The van der Waals surface area contributed by atoms with Crippen LogP contribution in [0.4, 0.5) is 0 Å². The van der Waals surface area contributed by atoms with Crippen LogP contribution in [0.2, 0.25) is 5.02 Å². The largest absolute Gasteiger partial charge is 0.313 e. The van der Waals surface area contributed by atoms with E-state index in [0.29, 0.717) is 0 Å². The summed E-state index contributed by atoms with van der Waals surface area (Å²) in [6.45, 7) is 0. The van der Waals surface area contributed by atoms with Gasteiger partial charge in [0.2, 0.25) is 0 Å². The van der Waals surface area contributed by atoms with Crippen LogP contribution in [0.5, 0.6) is 0 Å². The minimum atomic E-state index is 0.275. The molecule has 0 fully saturated rings. The zero-order valence-corrected chi connectivity index (χ0v) is 12.8. The maximum atomic E-state index is 6.28. The summed E-state index contributed by atoms with van der Waals surface area (Å²) in [5.74, 6) is 0. The maximum absolute atomic E-state index is 6.28. The average molecular weight is 302 g/mol. The molecule has 3 heteroatoms. The predicted octanol–water partition coefficient (Wildman–Crippen LogP) is 5.06. The molecule has 0 aliphatic heterocycles. The van der Waals surface area contributed by atoms with E-state index in [1.807, 2.05) is 25.2 Å². The summed E-state index contributed by atoms with van der Waals surface area (Å²) in [6, 6.07) is 17.0. The van der Waals surface area contributed by atoms with Gasteiger partial charge in [0, 0.05) is 15.8 Å². The molecule has 1 unspecified atom stereocenters. The molecule has 102 valence electrons. The summed E-state index contributed by atoms with van der Waals surface area (Å²) in [6.07, 6.45) is 0.896. The summed E-state index contributed by atoms with van der Waals surface area (Å²) >= 11 is 8.08. The summed E-state index contributed by atoms with van der Waals surface area (Å²) in [5.41, 5.74) is 2.53. The van der Waals surface area contributed by atoms with Gasteiger partial charge in [0.15, 0.2) is 0 Å². The predicted molar refractivity (Wildman–Crippen MR) is 88.8 cm³/mol. The van der Waals surface area contributed by atoms with Gasteiger partial charge in [0.1, 0.15) is 0 Å². The maximum Gasteiger partial charge on any atom is 0.0438 e. The van der Waals surface area contributed by atoms with E-state index < -0.39 is 0 Å². The van der Waals surface area contributed by atoms with E-state index in [-0.39, 0.29) is 6.04 Å². The summed E-state index contributed by atoms with van der Waals surface area (Å²) in [5, 5.41) is 7.72. The van der Waals surface area contributed by atoms with Gasteiger partial charge >= 0.3 is 0 Å². The molecule has 2 aromatic carbocycles. The van der Waals surface area contributed by atoms with Gasteiger partial charge < -0.3 is 5.32 Å². The Morgan fingerprint density at radius 1 is 1.10 bits per heavy atom. The van der Waals surface area contributed by atoms with Crippen molar-refractivity contribution in [1.82, 2.24) is 5.32 Å². The minimum absolute atomic E-state index is 0.275. The van der Waals surface area contributed by atoms with E-state index in [2.05, 4.69) is 41.0 Å². The molecule has 3 aromatic rings. The second-order valence-corrected chi connectivity index (χ2v) is 6.15. The van der Waals surface area contributed by atoms with Crippen molar-refractivity contribution < 1.29 is 0 Å². The van der Waals surface area contributed by atoms with Crippen molar-refractivity contribution in [2.45, 2.75) is 12.5 Å². The van der Waals surface area contributed by atoms with E-state index >= 15 is 0 Å². The van der Waals surface area contributed by atoms with Gasteiger partial charge in [0.05, 0.1) is 0 Å². The van der Waals surface area contributed by atoms with Crippen LogP contribution in [-0.4, -0.2) is 7.05 Å². The van der Waals surface area contributed by atoms with Gasteiger partial charge in [-0.2, -0.15) is 0 Å². The van der Waals surface area contributed by atoms with Crippen molar-refractivity contribution in [2.24, 2.45) is 0 Å². The molecular formula is C17H16ClNS. The molecule has 1 aromatic heterocycles. The Bertz CT molecular complexity index is 720. The molecule has 0 aliphatic rings. The summed E-state index contributed by atoms with van der Waals surface area (Å²) in [7, 11) is 2.01. The number of hydrogen-bond donors (Lipinski definition) is 1. The first kappa shape index (κ1) is 13.6. The van der Waals surface area contributed by atoms with Gasteiger partial charge in [-0.15, -0.1) is 11.3 Å². The number of rotatable bonds is 4. The van der Waals surface area contributed by atoms with Crippen molar-refractivity contribution in [1.29, 1.82) is 0 Å². The van der Waals surface area contributed by atoms with Gasteiger partial charge in [-0.05, 0) is 47.5 Å². The molecule has 0 amide bonds. The first-order valence-corrected chi connectivity index (χ1v) is 7.92. The van der Waals surface area contributed by atoms with Crippen molar-refractivity contribution in [2.75, 3.05) is 7.05 Å². The summed E-state index contributed by atoms with van der Waals surface area (Å²) < 4.78 is 1.36. The Balaban J connectivity index is 1.98. The normalized spacial score (nSPS) is 12.7. The van der Waals surface area contributed by atoms with Crippen LogP contribution in [0.15, 0.2) is 53.9 Å². The lowest BCUT2D eigenvalue weighted by molar-refractivity contribution is 0.597. The molecule has 0 radical (unpaired) electrons. The number of hydrogen-bond acceptors (Lipinski definition) is 2. The zero-order chi connectivity index (χ0) is 13.9. The average Bonchev–Trinajstić information content (AvgIpc) is 2.95. The molecule has 1 nitrogen and oxygen atoms in total. The Hall–Kier alpha value is -1.35. The third kappa shape index (κ3) is 2.59. The fourth-order valence-corrected chi connectivity index (χ4v) is 3.72. The molecular weight excluding hydrogens is 286 g/mol. The lowest BCUT2D eigenvalue weighted by Crippen LogP contribution is -2.19. The number of benzene rings is 2. The van der Waals surface area contributed by atoms with Gasteiger partial charge in [0.25, 0.3) is 0 Å². The van der Waals surface area contributed by atoms with Crippen LogP contribution in [0.3, 0.4) is 0 Å². The van der Waals surface area contributed by atoms with Crippen molar-refractivity contribution in [3.63, 3.8) is 0 Å². The molecule has 0 saturated heterocycles. The van der Waals surface area contributed by atoms with Crippen molar-refractivity contribution in [3.05, 3.63) is 70.1 Å². The zero-order valence-electron chi connectivity index (χ0n) is 11.3. The molecule has 0 bridgehead atoms. The molecule has 0 spiro atoms. The number of fused-ring (bicyclic) bond motifs is 1. The van der Waals surface area contributed by atoms with Crippen LogP contribution in [0, 0.1) is 0 Å². The highest BCUT2D eigenvalue weighted by Gasteiger charge is 2.15. The number of thiophene rings is 1. The molecule has 1 N–H and O–H groups in total. The third-order valence-electron chi connectivity index (χ3n) is 3.62. The first-order valence-electron chi connectivity index (χ1n) is 6.66. The SMILES string of the molecule is CNC(Cc1ccccc1Cl)c1cccc2ccsc12. The Kier molecular flexibility index (Phi) is 4.06. The van der Waals surface area contributed by atoms with Crippen LogP contribution in [0.1, 0.15) is 17.2 Å². The van der Waals surface area contributed by atoms with Crippen LogP contribution in [-0.2, 0) is 6.42 Å². The number of nitrogens with one attached hydrogen (secondary N) is 1. The molecule has 1 heterocycles.